The fraction of sp³-hybridized carbons (Fsp3) is 0.643. The maximum absolute atomic E-state index is 13.2. The molecule has 0 aliphatic heterocycles. The lowest BCUT2D eigenvalue weighted by Crippen LogP contribution is -2.45. The predicted octanol–water partition coefficient (Wildman–Crippen LogP) is 4.02. The first kappa shape index (κ1) is 30.5. The summed E-state index contributed by atoms with van der Waals surface area (Å²) in [6, 6.07) is 6.43. The number of aliphatic hydroxyl groups is 1. The van der Waals surface area contributed by atoms with E-state index >= 15 is 0 Å². The van der Waals surface area contributed by atoms with Crippen molar-refractivity contribution in [1.29, 1.82) is 0 Å². The van der Waals surface area contributed by atoms with Gasteiger partial charge in [0.25, 0.3) is 0 Å². The second kappa shape index (κ2) is 17.0. The third-order valence-corrected chi connectivity index (χ3v) is 6.35. The van der Waals surface area contributed by atoms with E-state index < -0.39 is 17.9 Å². The molecular formula is C28H44N2O5. The molecule has 0 heterocycles. The molecule has 0 aliphatic rings. The number of aliphatic hydroxyl groups excluding tert-OH is 1. The van der Waals surface area contributed by atoms with E-state index in [0.29, 0.717) is 25.7 Å². The van der Waals surface area contributed by atoms with Gasteiger partial charge in [-0.05, 0) is 36.3 Å². The van der Waals surface area contributed by atoms with Crippen LogP contribution in [0, 0.1) is 11.8 Å². The molecule has 7 nitrogen and oxygen atoms in total. The van der Waals surface area contributed by atoms with Crippen LogP contribution in [0.4, 0.5) is 0 Å². The van der Waals surface area contributed by atoms with E-state index in [1.807, 2.05) is 13.8 Å². The Morgan fingerprint density at radius 2 is 1.54 bits per heavy atom. The van der Waals surface area contributed by atoms with Gasteiger partial charge in [-0.2, -0.15) is 0 Å². The van der Waals surface area contributed by atoms with E-state index in [4.69, 9.17) is 5.73 Å². The zero-order valence-electron chi connectivity index (χ0n) is 21.7. The van der Waals surface area contributed by atoms with Gasteiger partial charge < -0.3 is 16.2 Å². The highest BCUT2D eigenvalue weighted by atomic mass is 16.3. The molecule has 1 rings (SSSR count). The van der Waals surface area contributed by atoms with Gasteiger partial charge in [0.2, 0.25) is 11.8 Å². The number of Topliss-reactive ketones (excluding diaryl/α,β-unsaturated/α-hetero) is 2. The van der Waals surface area contributed by atoms with Crippen LogP contribution < -0.4 is 11.1 Å². The van der Waals surface area contributed by atoms with E-state index in [9.17, 15) is 24.3 Å². The summed E-state index contributed by atoms with van der Waals surface area (Å²) in [5.41, 5.74) is 6.78. The molecule has 196 valence electrons. The van der Waals surface area contributed by atoms with Crippen LogP contribution in [0.15, 0.2) is 24.3 Å². The third-order valence-electron chi connectivity index (χ3n) is 6.35. The maximum Gasteiger partial charge on any atom is 0.224 e. The lowest BCUT2D eigenvalue weighted by Gasteiger charge is -2.24. The van der Waals surface area contributed by atoms with Crippen molar-refractivity contribution in [2.24, 2.45) is 17.6 Å². The van der Waals surface area contributed by atoms with Crippen molar-refractivity contribution in [2.75, 3.05) is 0 Å². The van der Waals surface area contributed by atoms with Crippen molar-refractivity contribution in [3.63, 3.8) is 0 Å². The number of nitrogens with one attached hydrogen (secondary N) is 1. The molecule has 0 spiro atoms. The number of benzene rings is 1. The molecule has 0 unspecified atom stereocenters. The number of amides is 2. The van der Waals surface area contributed by atoms with Gasteiger partial charge >= 0.3 is 0 Å². The number of carbonyl (C=O) groups excluding carboxylic acids is 4. The molecule has 2 atom stereocenters. The fourth-order valence-electron chi connectivity index (χ4n) is 4.05. The van der Waals surface area contributed by atoms with E-state index in [1.54, 1.807) is 24.3 Å². The quantitative estimate of drug-likeness (QED) is 0.254. The number of ketones is 2. The number of hydrogen-bond donors (Lipinski definition) is 3. The van der Waals surface area contributed by atoms with Crippen LogP contribution in [-0.4, -0.2) is 34.5 Å². The van der Waals surface area contributed by atoms with E-state index in [-0.39, 0.29) is 49.3 Å². The van der Waals surface area contributed by atoms with Crippen molar-refractivity contribution in [1.82, 2.24) is 5.32 Å². The van der Waals surface area contributed by atoms with E-state index in [1.165, 1.54) is 0 Å². The first-order valence-electron chi connectivity index (χ1n) is 13.0. The summed E-state index contributed by atoms with van der Waals surface area (Å²) >= 11 is 0. The number of hydrogen-bond acceptors (Lipinski definition) is 5. The highest BCUT2D eigenvalue weighted by Gasteiger charge is 2.29. The largest absolute Gasteiger partial charge is 0.392 e. The Kier molecular flexibility index (Phi) is 14.8. The standard InChI is InChI=1S/C28H44N2O5/c1-4-5-6-7-10-23(32)18-24(20(2)3)28(35)30-25(11-8-9-12-27(29)34)26(33)17-21-13-15-22(19-31)16-14-21/h13-16,20,24-25,31H,4-12,17-19H2,1-3H3,(H2,29,34)(H,30,35)/t24-,25-/m0/s1. The third kappa shape index (κ3) is 12.6. The zero-order chi connectivity index (χ0) is 26.2. The Morgan fingerprint density at radius 3 is 2.11 bits per heavy atom. The molecule has 1 aromatic rings. The molecule has 0 aromatic heterocycles. The Balaban J connectivity index is 2.84. The Morgan fingerprint density at radius 1 is 0.914 bits per heavy atom. The zero-order valence-corrected chi connectivity index (χ0v) is 21.7. The average Bonchev–Trinajstić information content (AvgIpc) is 2.82. The SMILES string of the molecule is CCCCCCC(=O)C[C@H](C(=O)N[C@@H](CCCCC(N)=O)C(=O)Cc1ccc(CO)cc1)C(C)C. The monoisotopic (exact) mass is 488 g/mol. The first-order valence-corrected chi connectivity index (χ1v) is 13.0. The predicted molar refractivity (Wildman–Crippen MR) is 137 cm³/mol. The Bertz CT molecular complexity index is 804. The number of primary amides is 1. The summed E-state index contributed by atoms with van der Waals surface area (Å²) in [5.74, 6) is -1.22. The topological polar surface area (TPSA) is 127 Å². The van der Waals surface area contributed by atoms with Gasteiger partial charge in [-0.15, -0.1) is 0 Å². The van der Waals surface area contributed by atoms with E-state index in [0.717, 1.165) is 36.8 Å². The minimum Gasteiger partial charge on any atom is -0.392 e. The van der Waals surface area contributed by atoms with Crippen molar-refractivity contribution >= 4 is 23.4 Å². The maximum atomic E-state index is 13.2. The lowest BCUT2D eigenvalue weighted by molar-refractivity contribution is -0.133. The van der Waals surface area contributed by atoms with Crippen molar-refractivity contribution < 1.29 is 24.3 Å². The molecule has 0 aliphatic carbocycles. The van der Waals surface area contributed by atoms with Gasteiger partial charge in [0.1, 0.15) is 5.78 Å². The number of carbonyl (C=O) groups is 4. The summed E-state index contributed by atoms with van der Waals surface area (Å²) in [6.07, 6.45) is 6.63. The van der Waals surface area contributed by atoms with Gasteiger partial charge in [0.05, 0.1) is 12.6 Å². The summed E-state index contributed by atoms with van der Waals surface area (Å²) in [6.45, 7) is 5.89. The second-order valence-electron chi connectivity index (χ2n) is 9.79. The van der Waals surface area contributed by atoms with Crippen LogP contribution in [0.2, 0.25) is 0 Å². The van der Waals surface area contributed by atoms with Crippen LogP contribution in [0.5, 0.6) is 0 Å². The lowest BCUT2D eigenvalue weighted by atomic mass is 9.88. The molecule has 0 bridgehead atoms. The normalized spacial score (nSPS) is 12.8. The first-order chi connectivity index (χ1) is 16.7. The van der Waals surface area contributed by atoms with E-state index in [2.05, 4.69) is 12.2 Å². The average molecular weight is 489 g/mol. The van der Waals surface area contributed by atoms with Crippen LogP contribution in [-0.2, 0) is 32.2 Å². The molecular weight excluding hydrogens is 444 g/mol. The fourth-order valence-corrected chi connectivity index (χ4v) is 4.05. The van der Waals surface area contributed by atoms with Gasteiger partial charge in [0, 0.05) is 31.6 Å². The summed E-state index contributed by atoms with van der Waals surface area (Å²) < 4.78 is 0. The Labute approximate surface area is 210 Å². The van der Waals surface area contributed by atoms with Gasteiger partial charge in [-0.25, -0.2) is 0 Å². The summed E-state index contributed by atoms with van der Waals surface area (Å²) in [7, 11) is 0. The van der Waals surface area contributed by atoms with Gasteiger partial charge in [-0.1, -0.05) is 70.7 Å². The molecule has 4 N–H and O–H groups in total. The Hall–Kier alpha value is -2.54. The van der Waals surface area contributed by atoms with Crippen molar-refractivity contribution in [3.8, 4) is 0 Å². The molecule has 1 aromatic carbocycles. The van der Waals surface area contributed by atoms with Gasteiger partial charge in [0.15, 0.2) is 5.78 Å². The molecule has 0 saturated heterocycles. The molecule has 7 heteroatoms. The van der Waals surface area contributed by atoms with Gasteiger partial charge in [-0.3, -0.25) is 19.2 Å². The summed E-state index contributed by atoms with van der Waals surface area (Å²) in [5, 5.41) is 12.1. The molecule has 0 fully saturated rings. The van der Waals surface area contributed by atoms with Crippen LogP contribution in [0.25, 0.3) is 0 Å². The minimum absolute atomic E-state index is 0.0359. The van der Waals surface area contributed by atoms with Crippen LogP contribution >= 0.6 is 0 Å². The van der Waals surface area contributed by atoms with Crippen LogP contribution in [0.1, 0.15) is 96.1 Å². The van der Waals surface area contributed by atoms with Crippen molar-refractivity contribution in [3.05, 3.63) is 35.4 Å². The minimum atomic E-state index is -0.700. The molecule has 35 heavy (non-hydrogen) atoms. The number of unbranched alkanes of at least 4 members (excludes halogenated alkanes) is 4. The van der Waals surface area contributed by atoms with Crippen molar-refractivity contribution in [2.45, 2.75) is 104 Å². The molecule has 0 saturated carbocycles. The highest BCUT2D eigenvalue weighted by molar-refractivity contribution is 5.92. The number of rotatable bonds is 19. The smallest absolute Gasteiger partial charge is 0.224 e. The number of nitrogens with two attached hydrogens (primary N) is 1. The highest BCUT2D eigenvalue weighted by Crippen LogP contribution is 2.19. The second-order valence-corrected chi connectivity index (χ2v) is 9.79. The summed E-state index contributed by atoms with van der Waals surface area (Å²) in [4.78, 5) is 49.9. The molecule has 2 amide bonds. The van der Waals surface area contributed by atoms with Crippen LogP contribution in [0.3, 0.4) is 0 Å². The molecule has 0 radical (unpaired) electrons.